The van der Waals surface area contributed by atoms with Gasteiger partial charge in [0.05, 0.1) is 0 Å². The van der Waals surface area contributed by atoms with Crippen molar-refractivity contribution in [2.45, 2.75) is 18.3 Å². The SMILES string of the molecule is Clc1ccc2c(n1)NCC21CCOCC1. The maximum absolute atomic E-state index is 5.87. The Bertz CT molecular complexity index is 388. The molecule has 1 saturated heterocycles. The van der Waals surface area contributed by atoms with Gasteiger partial charge in [-0.25, -0.2) is 4.98 Å². The van der Waals surface area contributed by atoms with Crippen LogP contribution < -0.4 is 5.32 Å². The molecule has 0 saturated carbocycles. The molecule has 3 heterocycles. The molecule has 1 N–H and O–H groups in total. The zero-order valence-corrected chi connectivity index (χ0v) is 9.18. The fourth-order valence-electron chi connectivity index (χ4n) is 2.55. The number of halogens is 1. The van der Waals surface area contributed by atoms with Gasteiger partial charge in [0, 0.05) is 30.7 Å². The molecule has 0 atom stereocenters. The summed E-state index contributed by atoms with van der Waals surface area (Å²) >= 11 is 5.87. The van der Waals surface area contributed by atoms with Crippen LogP contribution in [0.1, 0.15) is 18.4 Å². The zero-order valence-electron chi connectivity index (χ0n) is 8.42. The largest absolute Gasteiger partial charge is 0.381 e. The van der Waals surface area contributed by atoms with E-state index in [1.807, 2.05) is 6.07 Å². The first-order valence-corrected chi connectivity index (χ1v) is 5.67. The van der Waals surface area contributed by atoms with E-state index in [1.54, 1.807) is 0 Å². The molecule has 3 rings (SSSR count). The van der Waals surface area contributed by atoms with Crippen molar-refractivity contribution in [2.24, 2.45) is 0 Å². The van der Waals surface area contributed by atoms with Gasteiger partial charge in [-0.15, -0.1) is 0 Å². The average Bonchev–Trinajstić information content (AvgIpc) is 2.58. The summed E-state index contributed by atoms with van der Waals surface area (Å²) in [7, 11) is 0. The zero-order chi connectivity index (χ0) is 10.3. The second-order valence-corrected chi connectivity index (χ2v) is 4.66. The predicted molar refractivity (Wildman–Crippen MR) is 59.5 cm³/mol. The molecule has 1 spiro atoms. The maximum atomic E-state index is 5.87. The van der Waals surface area contributed by atoms with E-state index < -0.39 is 0 Å². The van der Waals surface area contributed by atoms with Crippen LogP contribution in [0.5, 0.6) is 0 Å². The highest BCUT2D eigenvalue weighted by Gasteiger charge is 2.40. The van der Waals surface area contributed by atoms with E-state index in [2.05, 4.69) is 16.4 Å². The summed E-state index contributed by atoms with van der Waals surface area (Å²) in [5, 5.41) is 3.91. The third kappa shape index (κ3) is 1.42. The molecule has 0 radical (unpaired) electrons. The molecule has 0 amide bonds. The average molecular weight is 225 g/mol. The number of fused-ring (bicyclic) bond motifs is 2. The van der Waals surface area contributed by atoms with Crippen molar-refractivity contribution in [2.75, 3.05) is 25.1 Å². The molecular weight excluding hydrogens is 212 g/mol. The summed E-state index contributed by atoms with van der Waals surface area (Å²) in [6.07, 6.45) is 2.16. The number of pyridine rings is 1. The van der Waals surface area contributed by atoms with Gasteiger partial charge in [0.25, 0.3) is 0 Å². The van der Waals surface area contributed by atoms with Crippen LogP contribution in [0.3, 0.4) is 0 Å². The summed E-state index contributed by atoms with van der Waals surface area (Å²) in [6.45, 7) is 2.67. The lowest BCUT2D eigenvalue weighted by atomic mass is 9.76. The first-order valence-electron chi connectivity index (χ1n) is 5.29. The van der Waals surface area contributed by atoms with Crippen molar-refractivity contribution >= 4 is 17.4 Å². The Hall–Kier alpha value is -0.800. The van der Waals surface area contributed by atoms with Crippen molar-refractivity contribution in [1.29, 1.82) is 0 Å². The molecule has 0 aromatic carbocycles. The number of nitrogens with zero attached hydrogens (tertiary/aromatic N) is 1. The Balaban J connectivity index is 2.03. The molecular formula is C11H13ClN2O. The molecule has 2 aliphatic heterocycles. The van der Waals surface area contributed by atoms with Crippen LogP contribution in [-0.2, 0) is 10.2 Å². The van der Waals surface area contributed by atoms with Gasteiger partial charge in [0.1, 0.15) is 11.0 Å². The normalized spacial score (nSPS) is 22.5. The monoisotopic (exact) mass is 224 g/mol. The van der Waals surface area contributed by atoms with Crippen LogP contribution in [0, 0.1) is 0 Å². The van der Waals surface area contributed by atoms with Crippen LogP contribution in [0.4, 0.5) is 5.82 Å². The summed E-state index contributed by atoms with van der Waals surface area (Å²) in [5.41, 5.74) is 1.56. The lowest BCUT2D eigenvalue weighted by molar-refractivity contribution is 0.0567. The fraction of sp³-hybridized carbons (Fsp3) is 0.545. The number of nitrogens with one attached hydrogen (secondary N) is 1. The van der Waals surface area contributed by atoms with Crippen molar-refractivity contribution in [3.8, 4) is 0 Å². The van der Waals surface area contributed by atoms with Gasteiger partial charge in [-0.05, 0) is 18.9 Å². The molecule has 1 aromatic heterocycles. The molecule has 1 aromatic rings. The summed E-state index contributed by atoms with van der Waals surface area (Å²) in [6, 6.07) is 3.99. The number of hydrogen-bond donors (Lipinski definition) is 1. The first-order chi connectivity index (χ1) is 7.30. The Morgan fingerprint density at radius 3 is 2.93 bits per heavy atom. The number of rotatable bonds is 0. The Kier molecular flexibility index (Phi) is 2.11. The summed E-state index contributed by atoms with van der Waals surface area (Å²) < 4.78 is 5.42. The molecule has 0 aliphatic carbocycles. The number of hydrogen-bond acceptors (Lipinski definition) is 3. The highest BCUT2D eigenvalue weighted by Crippen LogP contribution is 2.42. The highest BCUT2D eigenvalue weighted by molar-refractivity contribution is 6.29. The first kappa shape index (κ1) is 9.43. The van der Waals surface area contributed by atoms with Crippen molar-refractivity contribution < 1.29 is 4.74 Å². The number of aromatic nitrogens is 1. The minimum absolute atomic E-state index is 0.241. The van der Waals surface area contributed by atoms with Gasteiger partial charge in [0.15, 0.2) is 0 Å². The Labute approximate surface area is 93.8 Å². The van der Waals surface area contributed by atoms with Gasteiger partial charge >= 0.3 is 0 Å². The second-order valence-electron chi connectivity index (χ2n) is 4.28. The molecule has 0 bridgehead atoms. The van der Waals surface area contributed by atoms with Crippen molar-refractivity contribution in [3.05, 3.63) is 22.8 Å². The van der Waals surface area contributed by atoms with Gasteiger partial charge < -0.3 is 10.1 Å². The quantitative estimate of drug-likeness (QED) is 0.687. The van der Waals surface area contributed by atoms with E-state index in [0.717, 1.165) is 38.4 Å². The van der Waals surface area contributed by atoms with Crippen LogP contribution >= 0.6 is 11.6 Å². The summed E-state index contributed by atoms with van der Waals surface area (Å²) in [4.78, 5) is 4.32. The molecule has 2 aliphatic rings. The lowest BCUT2D eigenvalue weighted by Gasteiger charge is -2.32. The summed E-state index contributed by atoms with van der Waals surface area (Å²) in [5.74, 6) is 0.962. The molecule has 15 heavy (non-hydrogen) atoms. The van der Waals surface area contributed by atoms with E-state index in [1.165, 1.54) is 5.56 Å². The minimum Gasteiger partial charge on any atom is -0.381 e. The van der Waals surface area contributed by atoms with Gasteiger partial charge in [-0.1, -0.05) is 17.7 Å². The van der Waals surface area contributed by atoms with E-state index in [9.17, 15) is 0 Å². The van der Waals surface area contributed by atoms with E-state index in [0.29, 0.717) is 5.15 Å². The Morgan fingerprint density at radius 2 is 2.13 bits per heavy atom. The van der Waals surface area contributed by atoms with Crippen LogP contribution in [-0.4, -0.2) is 24.7 Å². The standard InChI is InChI=1S/C11H13ClN2O/c12-9-2-1-8-10(14-9)13-7-11(8)3-5-15-6-4-11/h1-2H,3-7H2,(H,13,14). The van der Waals surface area contributed by atoms with Gasteiger partial charge in [-0.2, -0.15) is 0 Å². The van der Waals surface area contributed by atoms with E-state index in [4.69, 9.17) is 16.3 Å². The van der Waals surface area contributed by atoms with Crippen molar-refractivity contribution in [1.82, 2.24) is 4.98 Å². The van der Waals surface area contributed by atoms with E-state index >= 15 is 0 Å². The maximum Gasteiger partial charge on any atom is 0.131 e. The Morgan fingerprint density at radius 1 is 1.33 bits per heavy atom. The lowest BCUT2D eigenvalue weighted by Crippen LogP contribution is -2.35. The molecule has 3 nitrogen and oxygen atoms in total. The predicted octanol–water partition coefficient (Wildman–Crippen LogP) is 2.21. The number of anilines is 1. The van der Waals surface area contributed by atoms with Gasteiger partial charge in [-0.3, -0.25) is 0 Å². The van der Waals surface area contributed by atoms with E-state index in [-0.39, 0.29) is 5.41 Å². The second kappa shape index (κ2) is 3.35. The fourth-order valence-corrected chi connectivity index (χ4v) is 2.70. The minimum atomic E-state index is 0.241. The molecule has 1 fully saturated rings. The van der Waals surface area contributed by atoms with Gasteiger partial charge in [0.2, 0.25) is 0 Å². The van der Waals surface area contributed by atoms with Crippen LogP contribution in [0.15, 0.2) is 12.1 Å². The number of ether oxygens (including phenoxy) is 1. The molecule has 0 unspecified atom stereocenters. The topological polar surface area (TPSA) is 34.2 Å². The smallest absolute Gasteiger partial charge is 0.131 e. The molecule has 80 valence electrons. The van der Waals surface area contributed by atoms with Crippen molar-refractivity contribution in [3.63, 3.8) is 0 Å². The van der Waals surface area contributed by atoms with Crippen LogP contribution in [0.2, 0.25) is 5.15 Å². The van der Waals surface area contributed by atoms with Crippen LogP contribution in [0.25, 0.3) is 0 Å². The third-order valence-electron chi connectivity index (χ3n) is 3.48. The third-order valence-corrected chi connectivity index (χ3v) is 3.69. The highest BCUT2D eigenvalue weighted by atomic mass is 35.5. The molecule has 4 heteroatoms.